The van der Waals surface area contributed by atoms with Crippen LogP contribution in [0.25, 0.3) is 98.5 Å². The average molecular weight is 700 g/mol. The molecule has 0 atom stereocenters. The molecule has 0 bridgehead atoms. The number of rotatable bonds is 4. The van der Waals surface area contributed by atoms with Crippen LogP contribution in [-0.4, -0.2) is 13.7 Å². The van der Waals surface area contributed by atoms with E-state index >= 15 is 0 Å². The number of para-hydroxylation sites is 5. The van der Waals surface area contributed by atoms with Crippen LogP contribution in [0.3, 0.4) is 0 Å². The van der Waals surface area contributed by atoms with Crippen LogP contribution in [0.5, 0.6) is 0 Å². The van der Waals surface area contributed by atoms with Crippen molar-refractivity contribution in [1.82, 2.24) is 13.7 Å². The third-order valence-electron chi connectivity index (χ3n) is 11.1. The lowest BCUT2D eigenvalue weighted by Crippen LogP contribution is -2.01. The molecule has 0 unspecified atom stereocenters. The molecular formula is C50H29N5. The highest BCUT2D eigenvalue weighted by Crippen LogP contribution is 2.41. The second-order valence-corrected chi connectivity index (χ2v) is 13.9. The first kappa shape index (κ1) is 30.7. The quantitative estimate of drug-likeness (QED) is 0.169. The van der Waals surface area contributed by atoms with E-state index in [1.807, 2.05) is 36.4 Å². The van der Waals surface area contributed by atoms with Crippen molar-refractivity contribution in [2.45, 2.75) is 0 Å². The molecule has 0 spiro atoms. The molecule has 0 saturated heterocycles. The Morgan fingerprint density at radius 3 is 1.60 bits per heavy atom. The van der Waals surface area contributed by atoms with E-state index in [-0.39, 0.29) is 0 Å². The molecule has 254 valence electrons. The summed E-state index contributed by atoms with van der Waals surface area (Å²) in [6, 6.07) is 63.6. The summed E-state index contributed by atoms with van der Waals surface area (Å²) in [5, 5.41) is 17.4. The van der Waals surface area contributed by atoms with Gasteiger partial charge in [0, 0.05) is 49.4 Å². The first-order valence-corrected chi connectivity index (χ1v) is 18.3. The zero-order valence-electron chi connectivity index (χ0n) is 29.5. The number of hydrogen-bond donors (Lipinski definition) is 0. The standard InChI is InChI=1S/C50H29N5/c1-52-42-18-11-23-48-49(42)40-16-5-9-22-46(40)53(48)34-26-24-32(25-27-34)36-17-10-12-33(31-51)50(36)55-45-21-8-4-15-39(45)41-30-35(28-29-47(41)55)54-43-19-6-2-13-37(43)38-14-3-7-20-44(38)54/h2-30H. The average Bonchev–Trinajstić information content (AvgIpc) is 3.89. The number of nitrogens with zero attached hydrogens (tertiary/aromatic N) is 5. The van der Waals surface area contributed by atoms with Gasteiger partial charge in [0.15, 0.2) is 5.69 Å². The lowest BCUT2D eigenvalue weighted by atomic mass is 9.99. The van der Waals surface area contributed by atoms with Crippen LogP contribution >= 0.6 is 0 Å². The van der Waals surface area contributed by atoms with E-state index < -0.39 is 0 Å². The Morgan fingerprint density at radius 2 is 0.945 bits per heavy atom. The van der Waals surface area contributed by atoms with E-state index in [4.69, 9.17) is 6.57 Å². The van der Waals surface area contributed by atoms with Gasteiger partial charge in [0.1, 0.15) is 6.07 Å². The van der Waals surface area contributed by atoms with Gasteiger partial charge in [0.2, 0.25) is 0 Å². The van der Waals surface area contributed by atoms with E-state index in [1.165, 1.54) is 21.8 Å². The number of benzene rings is 8. The van der Waals surface area contributed by atoms with Crippen LogP contribution in [0.2, 0.25) is 0 Å². The van der Waals surface area contributed by atoms with Crippen molar-refractivity contribution >= 4 is 71.1 Å². The minimum atomic E-state index is 0.602. The number of hydrogen-bond acceptors (Lipinski definition) is 1. The lowest BCUT2D eigenvalue weighted by Gasteiger charge is -2.17. The van der Waals surface area contributed by atoms with Crippen molar-refractivity contribution in [3.05, 3.63) is 193 Å². The van der Waals surface area contributed by atoms with Crippen molar-refractivity contribution in [2.24, 2.45) is 0 Å². The predicted octanol–water partition coefficient (Wildman–Crippen LogP) is 13.1. The summed E-state index contributed by atoms with van der Waals surface area (Å²) < 4.78 is 6.85. The molecule has 5 nitrogen and oxygen atoms in total. The molecule has 55 heavy (non-hydrogen) atoms. The summed E-state index contributed by atoms with van der Waals surface area (Å²) >= 11 is 0. The van der Waals surface area contributed by atoms with Gasteiger partial charge < -0.3 is 13.7 Å². The van der Waals surface area contributed by atoms with Crippen LogP contribution < -0.4 is 0 Å². The first-order chi connectivity index (χ1) is 27.2. The minimum absolute atomic E-state index is 0.602. The molecule has 3 heterocycles. The maximum absolute atomic E-state index is 10.6. The summed E-state index contributed by atoms with van der Waals surface area (Å²) in [5.41, 5.74) is 12.6. The monoisotopic (exact) mass is 699 g/mol. The maximum atomic E-state index is 10.6. The zero-order valence-corrected chi connectivity index (χ0v) is 29.5. The van der Waals surface area contributed by atoms with Crippen LogP contribution in [0.4, 0.5) is 5.69 Å². The van der Waals surface area contributed by atoms with Gasteiger partial charge in [-0.2, -0.15) is 5.26 Å². The van der Waals surface area contributed by atoms with Crippen LogP contribution in [0.15, 0.2) is 176 Å². The van der Waals surface area contributed by atoms with Gasteiger partial charge in [-0.05, 0) is 77.7 Å². The summed E-state index contributed by atoms with van der Waals surface area (Å²) in [7, 11) is 0. The smallest absolute Gasteiger partial charge is 0.197 e. The van der Waals surface area contributed by atoms with Gasteiger partial charge in [-0.3, -0.25) is 0 Å². The van der Waals surface area contributed by atoms with Crippen molar-refractivity contribution < 1.29 is 0 Å². The minimum Gasteiger partial charge on any atom is -0.311 e. The number of fused-ring (bicyclic) bond motifs is 9. The molecule has 5 heteroatoms. The van der Waals surface area contributed by atoms with Crippen LogP contribution in [0, 0.1) is 17.9 Å². The molecule has 0 aliphatic heterocycles. The van der Waals surface area contributed by atoms with Crippen LogP contribution in [-0.2, 0) is 0 Å². The molecule has 8 aromatic carbocycles. The Hall–Kier alpha value is -7.86. The largest absolute Gasteiger partial charge is 0.311 e. The fraction of sp³-hybridized carbons (Fsp3) is 0. The molecule has 0 saturated carbocycles. The second-order valence-electron chi connectivity index (χ2n) is 13.9. The van der Waals surface area contributed by atoms with E-state index in [2.05, 4.69) is 164 Å². The zero-order chi connectivity index (χ0) is 36.6. The van der Waals surface area contributed by atoms with E-state index in [0.717, 1.165) is 71.8 Å². The van der Waals surface area contributed by atoms with Gasteiger partial charge in [0.25, 0.3) is 0 Å². The van der Waals surface area contributed by atoms with Crippen molar-refractivity contribution in [3.63, 3.8) is 0 Å². The van der Waals surface area contributed by atoms with Crippen LogP contribution in [0.1, 0.15) is 5.56 Å². The fourth-order valence-electron chi connectivity index (χ4n) is 8.81. The van der Waals surface area contributed by atoms with Gasteiger partial charge in [-0.15, -0.1) is 0 Å². The molecule has 11 rings (SSSR count). The lowest BCUT2D eigenvalue weighted by molar-refractivity contribution is 1.16. The molecule has 0 amide bonds. The van der Waals surface area contributed by atoms with E-state index in [1.54, 1.807) is 0 Å². The Labute approximate surface area is 316 Å². The molecular weight excluding hydrogens is 671 g/mol. The highest BCUT2D eigenvalue weighted by Gasteiger charge is 2.21. The van der Waals surface area contributed by atoms with Gasteiger partial charge in [-0.1, -0.05) is 109 Å². The third-order valence-corrected chi connectivity index (χ3v) is 11.1. The predicted molar refractivity (Wildman–Crippen MR) is 226 cm³/mol. The van der Waals surface area contributed by atoms with Crippen molar-refractivity contribution in [2.75, 3.05) is 0 Å². The third kappa shape index (κ3) is 4.39. The maximum Gasteiger partial charge on any atom is 0.197 e. The normalized spacial score (nSPS) is 11.6. The van der Waals surface area contributed by atoms with Gasteiger partial charge >= 0.3 is 0 Å². The van der Waals surface area contributed by atoms with E-state index in [0.29, 0.717) is 11.3 Å². The Bertz CT molecular complexity index is 3400. The highest BCUT2D eigenvalue weighted by atomic mass is 15.0. The Balaban J connectivity index is 1.11. The van der Waals surface area contributed by atoms with E-state index in [9.17, 15) is 5.26 Å². The van der Waals surface area contributed by atoms with Crippen molar-refractivity contribution in [3.8, 4) is 34.3 Å². The van der Waals surface area contributed by atoms with Gasteiger partial charge in [0.05, 0.1) is 45.4 Å². The fourth-order valence-corrected chi connectivity index (χ4v) is 8.81. The van der Waals surface area contributed by atoms with Gasteiger partial charge in [-0.25, -0.2) is 4.85 Å². The molecule has 0 N–H and O–H groups in total. The Kier molecular flexibility index (Phi) is 6.61. The molecule has 0 fully saturated rings. The molecule has 0 radical (unpaired) electrons. The second kappa shape index (κ2) is 11.8. The number of aromatic nitrogens is 3. The number of nitriles is 1. The highest BCUT2D eigenvalue weighted by molar-refractivity contribution is 6.15. The molecule has 3 aromatic heterocycles. The topological polar surface area (TPSA) is 42.9 Å². The first-order valence-electron chi connectivity index (χ1n) is 18.3. The molecule has 11 aromatic rings. The molecule has 0 aliphatic carbocycles. The molecule has 0 aliphatic rings. The summed E-state index contributed by atoms with van der Waals surface area (Å²) in [5.74, 6) is 0. The summed E-state index contributed by atoms with van der Waals surface area (Å²) in [4.78, 5) is 3.85. The Morgan fingerprint density at radius 1 is 0.436 bits per heavy atom. The van der Waals surface area contributed by atoms with Crippen molar-refractivity contribution in [1.29, 1.82) is 5.26 Å². The SMILES string of the molecule is [C-]#[N+]c1cccc2c1c1ccccc1n2-c1ccc(-c2cccc(C#N)c2-n2c3ccccc3c3cc(-n4c5ccccc5c5ccccc54)ccc32)cc1. The summed E-state index contributed by atoms with van der Waals surface area (Å²) in [6.45, 7) is 7.84. The summed E-state index contributed by atoms with van der Waals surface area (Å²) in [6.07, 6.45) is 0.